The van der Waals surface area contributed by atoms with Crippen molar-refractivity contribution in [2.24, 2.45) is 0 Å². The molecule has 0 saturated heterocycles. The second kappa shape index (κ2) is 14.5. The monoisotopic (exact) mass is 626 g/mol. The normalized spacial score (nSPS) is 12.4. The van der Waals surface area contributed by atoms with E-state index in [2.05, 4.69) is 55.2 Å². The number of imidazole rings is 1. The number of rotatable bonds is 13. The fourth-order valence-electron chi connectivity index (χ4n) is 5.70. The number of H-pyrrole nitrogens is 2. The molecule has 4 aromatic heterocycles. The minimum atomic E-state index is -0.270. The molecule has 47 heavy (non-hydrogen) atoms. The van der Waals surface area contributed by atoms with Crippen molar-refractivity contribution in [3.05, 3.63) is 126 Å². The highest BCUT2D eigenvalue weighted by atomic mass is 19.1. The Bertz CT molecular complexity index is 2070. The molecule has 0 radical (unpaired) electrons. The van der Waals surface area contributed by atoms with Gasteiger partial charge in [0.2, 0.25) is 0 Å². The molecule has 6 aromatic rings. The number of halogens is 1. The van der Waals surface area contributed by atoms with Crippen LogP contribution in [0, 0.1) is 5.82 Å². The molecule has 0 amide bonds. The topological polar surface area (TPSA) is 98.4 Å². The van der Waals surface area contributed by atoms with Crippen molar-refractivity contribution in [1.82, 2.24) is 40.3 Å². The number of allylic oxidation sites excluding steroid dienone is 3. The van der Waals surface area contributed by atoms with Crippen LogP contribution in [0.15, 0.2) is 104 Å². The second-order valence-electron chi connectivity index (χ2n) is 11.9. The van der Waals surface area contributed by atoms with Crippen molar-refractivity contribution in [3.63, 3.8) is 0 Å². The largest absolute Gasteiger partial charge is 0.335 e. The van der Waals surface area contributed by atoms with E-state index in [1.54, 1.807) is 30.7 Å². The number of pyridine rings is 2. The molecule has 0 fully saturated rings. The molecule has 0 spiro atoms. The number of fused-ring (bicyclic) bond motifs is 2. The van der Waals surface area contributed by atoms with E-state index >= 15 is 0 Å². The van der Waals surface area contributed by atoms with Gasteiger partial charge >= 0.3 is 0 Å². The maximum atomic E-state index is 14.8. The lowest BCUT2D eigenvalue weighted by Crippen LogP contribution is -2.16. The molecule has 2 aromatic carbocycles. The Hall–Kier alpha value is -5.25. The number of benzene rings is 2. The molecule has 0 atom stereocenters. The van der Waals surface area contributed by atoms with Crippen LogP contribution in [0.1, 0.15) is 30.2 Å². The van der Waals surface area contributed by atoms with E-state index in [0.717, 1.165) is 75.9 Å². The summed E-state index contributed by atoms with van der Waals surface area (Å²) in [6.45, 7) is 8.41. The van der Waals surface area contributed by atoms with Crippen LogP contribution < -0.4 is 5.32 Å². The molecule has 0 unspecified atom stereocenters. The molecule has 0 aliphatic carbocycles. The van der Waals surface area contributed by atoms with Crippen molar-refractivity contribution >= 4 is 27.5 Å². The molecular formula is C38H39FN8. The van der Waals surface area contributed by atoms with E-state index in [9.17, 15) is 4.39 Å². The van der Waals surface area contributed by atoms with Crippen molar-refractivity contribution in [2.75, 3.05) is 27.2 Å². The zero-order valence-corrected chi connectivity index (χ0v) is 27.0. The van der Waals surface area contributed by atoms with Crippen LogP contribution in [0.4, 0.5) is 4.39 Å². The van der Waals surface area contributed by atoms with Gasteiger partial charge in [-0.05, 0) is 92.5 Å². The average Bonchev–Trinajstić information content (AvgIpc) is 3.70. The number of nitrogens with one attached hydrogen (secondary N) is 3. The van der Waals surface area contributed by atoms with Crippen molar-refractivity contribution in [1.29, 1.82) is 0 Å². The Labute approximate surface area is 274 Å². The summed E-state index contributed by atoms with van der Waals surface area (Å²) < 4.78 is 14.8. The molecule has 238 valence electrons. The number of aryl methyl sites for hydroxylation is 1. The van der Waals surface area contributed by atoms with Crippen LogP contribution in [0.3, 0.4) is 0 Å². The predicted octanol–water partition coefficient (Wildman–Crippen LogP) is 7.50. The van der Waals surface area contributed by atoms with Gasteiger partial charge in [0.25, 0.3) is 0 Å². The molecular weight excluding hydrogens is 587 g/mol. The van der Waals surface area contributed by atoms with Gasteiger partial charge in [-0.2, -0.15) is 5.10 Å². The summed E-state index contributed by atoms with van der Waals surface area (Å²) in [5.41, 5.74) is 9.45. The Balaban J connectivity index is 1.29. The van der Waals surface area contributed by atoms with Gasteiger partial charge in [-0.15, -0.1) is 0 Å². The quantitative estimate of drug-likeness (QED) is 0.115. The Morgan fingerprint density at radius 3 is 2.66 bits per heavy atom. The standard InChI is InChI=1S/C38H39FN8/c1-5-25(20-40-21-26-11-8-7-9-12-26)15-28(6-2)33-19-31-34(24-42-33)45-46-37(31)38-43-35-23-41-22-32(36(35)44-38)29-16-27(17-30(39)18-29)13-10-14-47(3)4/h5-9,11-12,15-19,22-24,40H,1,10,13-14,20-21H2,2-4H3,(H,43,44)(H,45,46)/b25-15+,28-6+. The molecule has 6 rings (SSSR count). The summed E-state index contributed by atoms with van der Waals surface area (Å²) in [6.07, 6.45) is 13.0. The summed E-state index contributed by atoms with van der Waals surface area (Å²) in [7, 11) is 4.08. The van der Waals surface area contributed by atoms with Gasteiger partial charge in [0.1, 0.15) is 11.5 Å². The fraction of sp³-hybridized carbons (Fsp3) is 0.211. The summed E-state index contributed by atoms with van der Waals surface area (Å²) in [5.74, 6) is 0.323. The third-order valence-corrected chi connectivity index (χ3v) is 8.12. The van der Waals surface area contributed by atoms with Crippen LogP contribution in [0.25, 0.3) is 50.2 Å². The highest BCUT2D eigenvalue weighted by Gasteiger charge is 2.17. The lowest BCUT2D eigenvalue weighted by Gasteiger charge is -2.10. The molecule has 8 nitrogen and oxygen atoms in total. The maximum Gasteiger partial charge on any atom is 0.159 e. The molecule has 0 bridgehead atoms. The minimum absolute atomic E-state index is 0.270. The number of hydrogen-bond donors (Lipinski definition) is 3. The summed E-state index contributed by atoms with van der Waals surface area (Å²) in [4.78, 5) is 19.7. The van der Waals surface area contributed by atoms with Crippen molar-refractivity contribution in [3.8, 4) is 22.6 Å². The van der Waals surface area contributed by atoms with E-state index in [4.69, 9.17) is 9.97 Å². The SMILES string of the molecule is C=C/C(=C\C(=C/C)c1cc2c(-c3nc4c(-c5cc(F)cc(CCCN(C)C)c5)cncc4[nH]3)n[nH]c2cn1)CNCc1ccccc1. The molecule has 0 saturated carbocycles. The van der Waals surface area contributed by atoms with Gasteiger partial charge < -0.3 is 15.2 Å². The van der Waals surface area contributed by atoms with Crippen LogP contribution in [-0.4, -0.2) is 62.2 Å². The Morgan fingerprint density at radius 1 is 1.02 bits per heavy atom. The number of nitrogens with zero attached hydrogens (tertiary/aromatic N) is 5. The number of aromatic nitrogens is 6. The van der Waals surface area contributed by atoms with Crippen LogP contribution in [0.2, 0.25) is 0 Å². The summed E-state index contributed by atoms with van der Waals surface area (Å²) >= 11 is 0. The molecule has 0 aliphatic rings. The first-order valence-electron chi connectivity index (χ1n) is 15.8. The van der Waals surface area contributed by atoms with Crippen molar-refractivity contribution < 1.29 is 4.39 Å². The Kier molecular flexibility index (Phi) is 9.75. The molecule has 3 N–H and O–H groups in total. The zero-order chi connectivity index (χ0) is 32.8. The van der Waals surface area contributed by atoms with Crippen LogP contribution >= 0.6 is 0 Å². The van der Waals surface area contributed by atoms with E-state index in [0.29, 0.717) is 23.6 Å². The summed E-state index contributed by atoms with van der Waals surface area (Å²) in [6, 6.07) is 17.5. The van der Waals surface area contributed by atoms with E-state index < -0.39 is 0 Å². The smallest absolute Gasteiger partial charge is 0.159 e. The van der Waals surface area contributed by atoms with Gasteiger partial charge in [0.15, 0.2) is 5.82 Å². The highest BCUT2D eigenvalue weighted by Crippen LogP contribution is 2.32. The molecule has 4 heterocycles. The molecule has 0 aliphatic heterocycles. The molecule has 9 heteroatoms. The first kappa shape index (κ1) is 31.7. The maximum absolute atomic E-state index is 14.8. The van der Waals surface area contributed by atoms with Crippen LogP contribution in [-0.2, 0) is 13.0 Å². The van der Waals surface area contributed by atoms with Gasteiger partial charge in [0.05, 0.1) is 34.6 Å². The lowest BCUT2D eigenvalue weighted by atomic mass is 10.0. The third-order valence-electron chi connectivity index (χ3n) is 8.12. The van der Waals surface area contributed by atoms with Crippen molar-refractivity contribution in [2.45, 2.75) is 26.3 Å². The number of hydrogen-bond acceptors (Lipinski definition) is 6. The predicted molar refractivity (Wildman–Crippen MR) is 189 cm³/mol. The first-order valence-corrected chi connectivity index (χ1v) is 15.8. The third kappa shape index (κ3) is 7.43. The van der Waals surface area contributed by atoms with E-state index in [1.807, 2.05) is 63.5 Å². The average molecular weight is 627 g/mol. The van der Waals surface area contributed by atoms with E-state index in [1.165, 1.54) is 5.56 Å². The summed E-state index contributed by atoms with van der Waals surface area (Å²) in [5, 5.41) is 12.1. The van der Waals surface area contributed by atoms with Gasteiger partial charge in [-0.1, -0.05) is 55.1 Å². The fourth-order valence-corrected chi connectivity index (χ4v) is 5.70. The second-order valence-corrected chi connectivity index (χ2v) is 11.9. The van der Waals surface area contributed by atoms with Gasteiger partial charge in [0, 0.05) is 30.2 Å². The Morgan fingerprint density at radius 2 is 1.87 bits per heavy atom. The van der Waals surface area contributed by atoms with Crippen LogP contribution in [0.5, 0.6) is 0 Å². The van der Waals surface area contributed by atoms with Gasteiger partial charge in [-0.3, -0.25) is 15.1 Å². The van der Waals surface area contributed by atoms with E-state index in [-0.39, 0.29) is 5.82 Å². The minimum Gasteiger partial charge on any atom is -0.335 e. The zero-order valence-electron chi connectivity index (χ0n) is 27.0. The number of aromatic amines is 2. The van der Waals surface area contributed by atoms with Gasteiger partial charge in [-0.25, -0.2) is 9.37 Å². The lowest BCUT2D eigenvalue weighted by molar-refractivity contribution is 0.400. The first-order chi connectivity index (χ1) is 22.9. The highest BCUT2D eigenvalue weighted by molar-refractivity contribution is 5.97.